The van der Waals surface area contributed by atoms with Gasteiger partial charge in [-0.25, -0.2) is 9.97 Å². The van der Waals surface area contributed by atoms with Gasteiger partial charge in [0.2, 0.25) is 0 Å². The fourth-order valence-corrected chi connectivity index (χ4v) is 2.91. The Hall–Kier alpha value is -1.32. The molecule has 4 nitrogen and oxygen atoms in total. The van der Waals surface area contributed by atoms with Crippen LogP contribution in [-0.4, -0.2) is 30.1 Å². The number of nitrogens with zero attached hydrogens (tertiary/aromatic N) is 3. The fourth-order valence-electron chi connectivity index (χ4n) is 2.91. The maximum atomic E-state index is 4.76. The predicted octanol–water partition coefficient (Wildman–Crippen LogP) is 3.49. The van der Waals surface area contributed by atoms with E-state index in [4.69, 9.17) is 4.98 Å². The van der Waals surface area contributed by atoms with Crippen LogP contribution in [0.15, 0.2) is 6.07 Å². The lowest BCUT2D eigenvalue weighted by Crippen LogP contribution is -2.26. The lowest BCUT2D eigenvalue weighted by molar-refractivity contribution is 0.459. The second-order valence-corrected chi connectivity index (χ2v) is 5.72. The third-order valence-corrected chi connectivity index (χ3v) is 4.24. The fraction of sp³-hybridized carbons (Fsp3) is 0.750. The Bertz CT molecular complexity index is 419. The Morgan fingerprint density at radius 3 is 2.80 bits per heavy atom. The van der Waals surface area contributed by atoms with E-state index < -0.39 is 0 Å². The molecule has 1 aromatic heterocycles. The molecule has 1 unspecified atom stereocenters. The van der Waals surface area contributed by atoms with Crippen LogP contribution >= 0.6 is 0 Å². The van der Waals surface area contributed by atoms with Crippen molar-refractivity contribution >= 4 is 11.6 Å². The van der Waals surface area contributed by atoms with Gasteiger partial charge in [-0.05, 0) is 31.6 Å². The average Bonchev–Trinajstić information content (AvgIpc) is 2.72. The second kappa shape index (κ2) is 7.46. The molecule has 1 aliphatic rings. The highest BCUT2D eigenvalue weighted by Crippen LogP contribution is 2.24. The van der Waals surface area contributed by atoms with Crippen molar-refractivity contribution < 1.29 is 0 Å². The molecule has 0 aromatic carbocycles. The maximum Gasteiger partial charge on any atom is 0.134 e. The number of hydrogen-bond acceptors (Lipinski definition) is 4. The van der Waals surface area contributed by atoms with Crippen LogP contribution in [0.1, 0.15) is 51.8 Å². The third kappa shape index (κ3) is 3.84. The van der Waals surface area contributed by atoms with Crippen LogP contribution in [0.5, 0.6) is 0 Å². The van der Waals surface area contributed by atoms with E-state index >= 15 is 0 Å². The van der Waals surface area contributed by atoms with Gasteiger partial charge >= 0.3 is 0 Å². The molecule has 0 amide bonds. The summed E-state index contributed by atoms with van der Waals surface area (Å²) >= 11 is 0. The Kier molecular flexibility index (Phi) is 5.62. The number of nitrogens with one attached hydrogen (secondary N) is 1. The summed E-state index contributed by atoms with van der Waals surface area (Å²) in [5, 5.41) is 3.16. The Morgan fingerprint density at radius 2 is 2.10 bits per heavy atom. The summed E-state index contributed by atoms with van der Waals surface area (Å²) in [6, 6.07) is 2.09. The molecular weight excluding hydrogens is 248 g/mol. The molecular formula is C16H28N4. The topological polar surface area (TPSA) is 41.1 Å². The molecule has 112 valence electrons. The first-order valence-corrected chi connectivity index (χ1v) is 8.07. The van der Waals surface area contributed by atoms with Crippen LogP contribution in [0, 0.1) is 5.92 Å². The second-order valence-electron chi connectivity index (χ2n) is 5.72. The van der Waals surface area contributed by atoms with Crippen LogP contribution < -0.4 is 10.2 Å². The van der Waals surface area contributed by atoms with Gasteiger partial charge in [-0.15, -0.1) is 0 Å². The van der Waals surface area contributed by atoms with Gasteiger partial charge in [-0.1, -0.05) is 20.3 Å². The largest absolute Gasteiger partial charge is 0.373 e. The number of hydrogen-bond donors (Lipinski definition) is 1. The Labute approximate surface area is 123 Å². The van der Waals surface area contributed by atoms with Crippen LogP contribution in [-0.2, 0) is 6.42 Å². The summed E-state index contributed by atoms with van der Waals surface area (Å²) in [4.78, 5) is 11.7. The summed E-state index contributed by atoms with van der Waals surface area (Å²) in [6.45, 7) is 6.74. The first-order chi connectivity index (χ1) is 9.76. The van der Waals surface area contributed by atoms with Crippen LogP contribution in [0.2, 0.25) is 0 Å². The lowest BCUT2D eigenvalue weighted by atomic mass is 9.98. The van der Waals surface area contributed by atoms with E-state index in [9.17, 15) is 0 Å². The molecule has 1 aliphatic heterocycles. The molecule has 1 atom stereocenters. The molecule has 0 saturated carbocycles. The van der Waals surface area contributed by atoms with Gasteiger partial charge in [-0.2, -0.15) is 0 Å². The van der Waals surface area contributed by atoms with Gasteiger partial charge in [0, 0.05) is 32.6 Å². The number of rotatable bonds is 5. The smallest absolute Gasteiger partial charge is 0.134 e. The summed E-state index contributed by atoms with van der Waals surface area (Å²) in [7, 11) is 1.93. The first-order valence-electron chi connectivity index (χ1n) is 8.07. The Balaban J connectivity index is 2.15. The van der Waals surface area contributed by atoms with E-state index in [0.29, 0.717) is 0 Å². The van der Waals surface area contributed by atoms with Gasteiger partial charge in [0.25, 0.3) is 0 Å². The number of anilines is 2. The van der Waals surface area contributed by atoms with Crippen LogP contribution in [0.4, 0.5) is 11.6 Å². The van der Waals surface area contributed by atoms with Crippen molar-refractivity contribution in [1.82, 2.24) is 9.97 Å². The molecule has 1 aromatic rings. The number of aryl methyl sites for hydroxylation is 1. The molecule has 1 saturated heterocycles. The monoisotopic (exact) mass is 276 g/mol. The molecule has 20 heavy (non-hydrogen) atoms. The highest BCUT2D eigenvalue weighted by atomic mass is 15.2. The van der Waals surface area contributed by atoms with Gasteiger partial charge in [0.15, 0.2) is 0 Å². The van der Waals surface area contributed by atoms with E-state index in [0.717, 1.165) is 49.3 Å². The van der Waals surface area contributed by atoms with E-state index in [2.05, 4.69) is 35.1 Å². The molecule has 4 heteroatoms. The summed E-state index contributed by atoms with van der Waals surface area (Å²) in [6.07, 6.45) is 7.27. The third-order valence-electron chi connectivity index (χ3n) is 4.24. The quantitative estimate of drug-likeness (QED) is 0.894. The van der Waals surface area contributed by atoms with Crippen LogP contribution in [0.3, 0.4) is 0 Å². The molecule has 2 rings (SSSR count). The molecule has 2 heterocycles. The van der Waals surface area contributed by atoms with Crippen molar-refractivity contribution in [2.45, 2.75) is 52.4 Å². The van der Waals surface area contributed by atoms with E-state index in [1.54, 1.807) is 0 Å². The Morgan fingerprint density at radius 1 is 1.25 bits per heavy atom. The van der Waals surface area contributed by atoms with E-state index in [-0.39, 0.29) is 0 Å². The van der Waals surface area contributed by atoms with E-state index in [1.165, 1.54) is 25.7 Å². The molecule has 0 aliphatic carbocycles. The zero-order valence-corrected chi connectivity index (χ0v) is 13.2. The highest BCUT2D eigenvalue weighted by molar-refractivity contribution is 5.49. The van der Waals surface area contributed by atoms with E-state index in [1.807, 2.05) is 7.05 Å². The van der Waals surface area contributed by atoms with Crippen molar-refractivity contribution in [2.75, 3.05) is 30.4 Å². The first kappa shape index (κ1) is 15.1. The predicted molar refractivity (Wildman–Crippen MR) is 85.4 cm³/mol. The zero-order chi connectivity index (χ0) is 14.4. The van der Waals surface area contributed by atoms with Crippen LogP contribution in [0.25, 0.3) is 0 Å². The van der Waals surface area contributed by atoms with Gasteiger partial charge in [-0.3, -0.25) is 0 Å². The average molecular weight is 276 g/mol. The summed E-state index contributed by atoms with van der Waals surface area (Å²) < 4.78 is 0. The van der Waals surface area contributed by atoms with Gasteiger partial charge in [0.1, 0.15) is 17.5 Å². The van der Waals surface area contributed by atoms with Crippen molar-refractivity contribution in [3.8, 4) is 0 Å². The minimum absolute atomic E-state index is 0.890. The molecule has 0 bridgehead atoms. The SMILES string of the molecule is CCCc1nc(NC)cc(N2CCCC(CC)CC2)n1. The zero-order valence-electron chi connectivity index (χ0n) is 13.2. The molecule has 1 fully saturated rings. The van der Waals surface area contributed by atoms with Crippen molar-refractivity contribution in [3.05, 3.63) is 11.9 Å². The summed E-state index contributed by atoms with van der Waals surface area (Å²) in [5.74, 6) is 3.89. The minimum Gasteiger partial charge on any atom is -0.373 e. The van der Waals surface area contributed by atoms with Gasteiger partial charge < -0.3 is 10.2 Å². The van der Waals surface area contributed by atoms with Gasteiger partial charge in [0.05, 0.1) is 0 Å². The maximum absolute atomic E-state index is 4.76. The standard InChI is InChI=1S/C16H28N4/c1-4-7-14-18-15(17-3)12-16(19-14)20-10-6-8-13(5-2)9-11-20/h12-13H,4-11H2,1-3H3,(H,17,18,19). The normalized spacial score (nSPS) is 19.8. The summed E-state index contributed by atoms with van der Waals surface area (Å²) in [5.41, 5.74) is 0. The molecule has 0 spiro atoms. The van der Waals surface area contributed by atoms with Crippen molar-refractivity contribution in [2.24, 2.45) is 5.92 Å². The lowest BCUT2D eigenvalue weighted by Gasteiger charge is -2.22. The minimum atomic E-state index is 0.890. The van der Waals surface area contributed by atoms with Crippen molar-refractivity contribution in [1.29, 1.82) is 0 Å². The molecule has 1 N–H and O–H groups in total. The molecule has 0 radical (unpaired) electrons. The van der Waals surface area contributed by atoms with Crippen molar-refractivity contribution in [3.63, 3.8) is 0 Å². The number of aromatic nitrogens is 2. The highest BCUT2D eigenvalue weighted by Gasteiger charge is 2.17.